The number of carbonyl (C=O) groups is 1. The number of nitrogens with zero attached hydrogens (tertiary/aromatic N) is 3. The number of carboxylic acid groups (broad SMARTS) is 1. The van der Waals surface area contributed by atoms with Crippen LogP contribution in [0.15, 0.2) is 60.4 Å². The maximum atomic E-state index is 11.9. The van der Waals surface area contributed by atoms with Gasteiger partial charge in [-0.05, 0) is 73.7 Å². The van der Waals surface area contributed by atoms with Crippen LogP contribution in [-0.4, -0.2) is 40.3 Å². The Balaban J connectivity index is 1.55. The van der Waals surface area contributed by atoms with Gasteiger partial charge in [0.2, 0.25) is 0 Å². The first-order chi connectivity index (χ1) is 17.5. The number of unbranched alkanes of at least 4 members (excludes halogenated alkanes) is 1. The number of aryl methyl sites for hydroxylation is 1. The fourth-order valence-corrected chi connectivity index (χ4v) is 4.33. The van der Waals surface area contributed by atoms with Gasteiger partial charge in [0.1, 0.15) is 5.75 Å². The molecule has 3 aromatic rings. The van der Waals surface area contributed by atoms with Crippen molar-refractivity contribution in [2.24, 2.45) is 0 Å². The second-order valence-electron chi connectivity index (χ2n) is 9.06. The maximum absolute atomic E-state index is 11.9. The molecular weight excluding hydrogens is 454 g/mol. The second-order valence-corrected chi connectivity index (χ2v) is 9.06. The Kier molecular flexibility index (Phi) is 8.44. The Labute approximate surface area is 213 Å². The first kappa shape index (κ1) is 25.5. The average Bonchev–Trinajstić information content (AvgIpc) is 3.25. The van der Waals surface area contributed by atoms with Gasteiger partial charge < -0.3 is 19.5 Å². The average molecular weight is 490 g/mol. The van der Waals surface area contributed by atoms with Crippen LogP contribution in [-0.2, 0) is 22.6 Å². The summed E-state index contributed by atoms with van der Waals surface area (Å²) in [6.45, 7) is 8.91. The highest BCUT2D eigenvalue weighted by atomic mass is 16.7. The fourth-order valence-electron chi connectivity index (χ4n) is 4.33. The van der Waals surface area contributed by atoms with Crippen LogP contribution < -0.4 is 9.64 Å². The Morgan fingerprint density at radius 2 is 1.92 bits per heavy atom. The Hall–Kier alpha value is -3.58. The van der Waals surface area contributed by atoms with E-state index in [-0.39, 0.29) is 6.29 Å². The lowest BCUT2D eigenvalue weighted by atomic mass is 10.00. The van der Waals surface area contributed by atoms with Crippen molar-refractivity contribution in [3.8, 4) is 16.9 Å². The summed E-state index contributed by atoms with van der Waals surface area (Å²) < 4.78 is 13.5. The van der Waals surface area contributed by atoms with Crippen LogP contribution in [0.2, 0.25) is 0 Å². The maximum Gasteiger partial charge on any atom is 0.331 e. The van der Waals surface area contributed by atoms with E-state index in [4.69, 9.17) is 9.47 Å². The molecule has 0 saturated heterocycles. The molecule has 2 heterocycles. The summed E-state index contributed by atoms with van der Waals surface area (Å²) in [5.41, 5.74) is 5.51. The molecule has 190 valence electrons. The van der Waals surface area contributed by atoms with E-state index in [0.717, 1.165) is 53.1 Å². The topological polar surface area (TPSA) is 76.8 Å². The smallest absolute Gasteiger partial charge is 0.331 e. The molecule has 1 aliphatic heterocycles. The summed E-state index contributed by atoms with van der Waals surface area (Å²) in [7, 11) is 0. The van der Waals surface area contributed by atoms with Crippen LogP contribution in [0.5, 0.6) is 5.75 Å². The van der Waals surface area contributed by atoms with Gasteiger partial charge in [-0.1, -0.05) is 31.5 Å². The molecule has 2 aromatic carbocycles. The number of aromatic nitrogens is 2. The highest BCUT2D eigenvalue weighted by molar-refractivity contribution is 5.94. The molecule has 1 unspecified atom stereocenters. The minimum atomic E-state index is -0.871. The van der Waals surface area contributed by atoms with E-state index in [9.17, 15) is 9.90 Å². The van der Waals surface area contributed by atoms with E-state index in [1.165, 1.54) is 0 Å². The van der Waals surface area contributed by atoms with E-state index >= 15 is 0 Å². The van der Waals surface area contributed by atoms with Crippen LogP contribution in [0.1, 0.15) is 51.2 Å². The Morgan fingerprint density at radius 1 is 1.14 bits per heavy atom. The molecule has 1 N–H and O–H groups in total. The molecule has 0 radical (unpaired) electrons. The molecule has 1 atom stereocenters. The Morgan fingerprint density at radius 3 is 2.61 bits per heavy atom. The molecule has 0 spiro atoms. The molecule has 7 nitrogen and oxygen atoms in total. The summed E-state index contributed by atoms with van der Waals surface area (Å²) in [6, 6.07) is 14.2. The lowest BCUT2D eigenvalue weighted by Crippen LogP contribution is -2.24. The molecule has 0 bridgehead atoms. The third-order valence-corrected chi connectivity index (χ3v) is 6.35. The van der Waals surface area contributed by atoms with Crippen molar-refractivity contribution in [2.45, 2.75) is 59.4 Å². The van der Waals surface area contributed by atoms with Crippen molar-refractivity contribution < 1.29 is 19.4 Å². The van der Waals surface area contributed by atoms with Gasteiger partial charge in [0.15, 0.2) is 6.29 Å². The standard InChI is InChI=1S/C29H35N3O4/c1-4-6-15-35-21(3)36-27-10-7-23(8-11-27)24-9-12-28-26(16-24)17-25(29(33)34)13-14-31(28)19-22-18-30-32(5-2)20-22/h7-12,16-18,20-21H,4-6,13-15,19H2,1-3H3,(H,33,34). The van der Waals surface area contributed by atoms with Gasteiger partial charge in [-0.3, -0.25) is 4.68 Å². The summed E-state index contributed by atoms with van der Waals surface area (Å²) in [5.74, 6) is -0.117. The first-order valence-corrected chi connectivity index (χ1v) is 12.7. The lowest BCUT2D eigenvalue weighted by Gasteiger charge is -2.25. The van der Waals surface area contributed by atoms with Crippen molar-refractivity contribution in [1.82, 2.24) is 9.78 Å². The highest BCUT2D eigenvalue weighted by Gasteiger charge is 2.20. The third kappa shape index (κ3) is 6.34. The van der Waals surface area contributed by atoms with Gasteiger partial charge in [-0.15, -0.1) is 0 Å². The van der Waals surface area contributed by atoms with Crippen LogP contribution in [0.25, 0.3) is 17.2 Å². The molecular formula is C29H35N3O4. The van der Waals surface area contributed by atoms with Crippen molar-refractivity contribution >= 4 is 17.7 Å². The van der Waals surface area contributed by atoms with Gasteiger partial charge in [0.05, 0.1) is 12.8 Å². The van der Waals surface area contributed by atoms with Crippen molar-refractivity contribution in [1.29, 1.82) is 0 Å². The van der Waals surface area contributed by atoms with Crippen molar-refractivity contribution in [3.05, 3.63) is 71.6 Å². The molecule has 7 heteroatoms. The normalized spacial score (nSPS) is 14.1. The van der Waals surface area contributed by atoms with E-state index in [1.54, 1.807) is 0 Å². The summed E-state index contributed by atoms with van der Waals surface area (Å²) >= 11 is 0. The van der Waals surface area contributed by atoms with Gasteiger partial charge in [0.25, 0.3) is 0 Å². The number of hydrogen-bond donors (Lipinski definition) is 1. The summed E-state index contributed by atoms with van der Waals surface area (Å²) in [4.78, 5) is 14.1. The van der Waals surface area contributed by atoms with Crippen molar-refractivity contribution in [3.63, 3.8) is 0 Å². The second kappa shape index (κ2) is 11.9. The van der Waals surface area contributed by atoms with Crippen LogP contribution in [0, 0.1) is 0 Å². The zero-order valence-electron chi connectivity index (χ0n) is 21.3. The molecule has 0 saturated carbocycles. The van der Waals surface area contributed by atoms with Crippen LogP contribution in [0.4, 0.5) is 5.69 Å². The zero-order chi connectivity index (χ0) is 25.5. The lowest BCUT2D eigenvalue weighted by molar-refractivity contribution is -0.132. The number of aliphatic carboxylic acids is 1. The van der Waals surface area contributed by atoms with E-state index in [1.807, 2.05) is 54.3 Å². The minimum absolute atomic E-state index is 0.301. The number of fused-ring (bicyclic) bond motifs is 1. The molecule has 1 aliphatic rings. The largest absolute Gasteiger partial charge is 0.478 e. The van der Waals surface area contributed by atoms with Gasteiger partial charge in [-0.25, -0.2) is 4.79 Å². The fraction of sp³-hybridized carbons (Fsp3) is 0.379. The molecule has 0 aliphatic carbocycles. The SMILES string of the molecule is CCCCOC(C)Oc1ccc(-c2ccc3c(c2)C=C(C(=O)O)CCN3Cc2cnn(CC)c2)cc1. The van der Waals surface area contributed by atoms with E-state index in [2.05, 4.69) is 42.0 Å². The number of hydrogen-bond acceptors (Lipinski definition) is 5. The quantitative estimate of drug-likeness (QED) is 0.263. The zero-order valence-corrected chi connectivity index (χ0v) is 21.3. The van der Waals surface area contributed by atoms with E-state index in [0.29, 0.717) is 31.7 Å². The monoisotopic (exact) mass is 489 g/mol. The number of anilines is 1. The predicted octanol–water partition coefficient (Wildman–Crippen LogP) is 5.99. The predicted molar refractivity (Wildman–Crippen MR) is 142 cm³/mol. The summed E-state index contributed by atoms with van der Waals surface area (Å²) in [6.07, 6.45) is 8.02. The molecule has 4 rings (SSSR count). The van der Waals surface area contributed by atoms with Crippen molar-refractivity contribution in [2.75, 3.05) is 18.1 Å². The van der Waals surface area contributed by atoms with Gasteiger partial charge in [-0.2, -0.15) is 5.10 Å². The number of ether oxygens (including phenoxy) is 2. The minimum Gasteiger partial charge on any atom is -0.478 e. The van der Waals surface area contributed by atoms with Crippen LogP contribution >= 0.6 is 0 Å². The van der Waals surface area contributed by atoms with E-state index < -0.39 is 5.97 Å². The first-order valence-electron chi connectivity index (χ1n) is 12.7. The van der Waals surface area contributed by atoms with Gasteiger partial charge >= 0.3 is 5.97 Å². The molecule has 0 amide bonds. The third-order valence-electron chi connectivity index (χ3n) is 6.35. The number of rotatable bonds is 11. The number of benzene rings is 2. The van der Waals surface area contributed by atoms with Crippen LogP contribution in [0.3, 0.4) is 0 Å². The highest BCUT2D eigenvalue weighted by Crippen LogP contribution is 2.34. The number of carboxylic acids is 1. The molecule has 1 aromatic heterocycles. The molecule has 36 heavy (non-hydrogen) atoms. The Bertz CT molecular complexity index is 1200. The van der Waals surface area contributed by atoms with Gasteiger partial charge in [0, 0.05) is 42.7 Å². The molecule has 0 fully saturated rings. The summed E-state index contributed by atoms with van der Waals surface area (Å²) in [5, 5.41) is 14.1.